The highest BCUT2D eigenvalue weighted by Gasteiger charge is 2.17. The number of amides is 2. The third-order valence-corrected chi connectivity index (χ3v) is 3.62. The minimum Gasteiger partial charge on any atom is -0.339 e. The lowest BCUT2D eigenvalue weighted by Gasteiger charge is -2.21. The summed E-state index contributed by atoms with van der Waals surface area (Å²) in [6.45, 7) is 5.38. The second-order valence-corrected chi connectivity index (χ2v) is 5.68. The van der Waals surface area contributed by atoms with Crippen LogP contribution in [0.25, 0.3) is 0 Å². The summed E-state index contributed by atoms with van der Waals surface area (Å²) in [5.41, 5.74) is 1.04. The van der Waals surface area contributed by atoms with E-state index in [-0.39, 0.29) is 17.4 Å². The van der Waals surface area contributed by atoms with E-state index in [4.69, 9.17) is 0 Å². The highest BCUT2D eigenvalue weighted by Crippen LogP contribution is 2.12. The first-order valence-electron chi connectivity index (χ1n) is 8.37. The number of nitrogens with zero attached hydrogens (tertiary/aromatic N) is 2. The molecule has 5 nitrogen and oxygen atoms in total. The van der Waals surface area contributed by atoms with Crippen LogP contribution in [0.4, 0.5) is 10.1 Å². The number of nitrogens with one attached hydrogen (secondary N) is 1. The molecule has 0 radical (unpaired) electrons. The van der Waals surface area contributed by atoms with Gasteiger partial charge in [0, 0.05) is 30.5 Å². The number of pyridine rings is 1. The molecular formula is C19H22FN3O2. The molecule has 0 aliphatic rings. The van der Waals surface area contributed by atoms with Gasteiger partial charge in [-0.05, 0) is 49.2 Å². The first-order chi connectivity index (χ1) is 12.0. The van der Waals surface area contributed by atoms with Crippen LogP contribution >= 0.6 is 0 Å². The van der Waals surface area contributed by atoms with E-state index >= 15 is 0 Å². The van der Waals surface area contributed by atoms with Crippen molar-refractivity contribution < 1.29 is 14.0 Å². The number of carbonyl (C=O) groups is 2. The zero-order valence-corrected chi connectivity index (χ0v) is 14.5. The number of aromatic nitrogens is 1. The minimum atomic E-state index is -0.446. The molecule has 0 unspecified atom stereocenters. The highest BCUT2D eigenvalue weighted by atomic mass is 19.1. The molecule has 6 heteroatoms. The van der Waals surface area contributed by atoms with Crippen LogP contribution in [0.3, 0.4) is 0 Å². The van der Waals surface area contributed by atoms with Crippen molar-refractivity contribution in [2.75, 3.05) is 18.4 Å². The smallest absolute Gasteiger partial charge is 0.274 e. The lowest BCUT2D eigenvalue weighted by molar-refractivity contribution is 0.0755. The number of halogens is 1. The fourth-order valence-corrected chi connectivity index (χ4v) is 2.45. The lowest BCUT2D eigenvalue weighted by Crippen LogP contribution is -2.32. The van der Waals surface area contributed by atoms with Crippen LogP contribution in [0, 0.1) is 5.82 Å². The van der Waals surface area contributed by atoms with Crippen LogP contribution in [0.1, 0.15) is 47.5 Å². The Morgan fingerprint density at radius 3 is 2.32 bits per heavy atom. The van der Waals surface area contributed by atoms with E-state index in [1.807, 2.05) is 13.8 Å². The zero-order chi connectivity index (χ0) is 18.2. The number of rotatable bonds is 7. The van der Waals surface area contributed by atoms with Crippen LogP contribution in [0.2, 0.25) is 0 Å². The van der Waals surface area contributed by atoms with Crippen molar-refractivity contribution in [2.24, 2.45) is 0 Å². The van der Waals surface area contributed by atoms with Gasteiger partial charge in [0.15, 0.2) is 0 Å². The summed E-state index contributed by atoms with van der Waals surface area (Å²) < 4.78 is 12.9. The highest BCUT2D eigenvalue weighted by molar-refractivity contribution is 6.04. The van der Waals surface area contributed by atoms with Gasteiger partial charge in [0.1, 0.15) is 11.5 Å². The maximum Gasteiger partial charge on any atom is 0.274 e. The Labute approximate surface area is 146 Å². The number of benzene rings is 1. The van der Waals surface area contributed by atoms with Crippen molar-refractivity contribution >= 4 is 17.5 Å². The van der Waals surface area contributed by atoms with E-state index in [9.17, 15) is 14.0 Å². The molecule has 2 rings (SSSR count). The molecule has 132 valence electrons. The third-order valence-electron chi connectivity index (χ3n) is 3.62. The van der Waals surface area contributed by atoms with Crippen molar-refractivity contribution in [1.29, 1.82) is 0 Å². The molecule has 0 atom stereocenters. The summed E-state index contributed by atoms with van der Waals surface area (Å²) >= 11 is 0. The SMILES string of the molecule is CCCN(CCC)C(=O)c1ccnc(C(=O)Nc2ccc(F)cc2)c1. The van der Waals surface area contributed by atoms with E-state index in [2.05, 4.69) is 10.3 Å². The Morgan fingerprint density at radius 1 is 1.08 bits per heavy atom. The maximum absolute atomic E-state index is 12.9. The van der Waals surface area contributed by atoms with Crippen molar-refractivity contribution in [1.82, 2.24) is 9.88 Å². The van der Waals surface area contributed by atoms with Crippen LogP contribution in [0.5, 0.6) is 0 Å². The van der Waals surface area contributed by atoms with Gasteiger partial charge in [0.05, 0.1) is 0 Å². The monoisotopic (exact) mass is 343 g/mol. The van der Waals surface area contributed by atoms with E-state index in [1.54, 1.807) is 11.0 Å². The molecule has 1 heterocycles. The summed E-state index contributed by atoms with van der Waals surface area (Å²) in [6.07, 6.45) is 3.19. The minimum absolute atomic E-state index is 0.109. The van der Waals surface area contributed by atoms with Gasteiger partial charge in [-0.25, -0.2) is 4.39 Å². The number of hydrogen-bond acceptors (Lipinski definition) is 3. The van der Waals surface area contributed by atoms with Crippen molar-refractivity contribution in [3.05, 3.63) is 59.7 Å². The normalized spacial score (nSPS) is 10.4. The summed E-state index contributed by atoms with van der Waals surface area (Å²) in [4.78, 5) is 30.7. The fraction of sp³-hybridized carbons (Fsp3) is 0.316. The summed E-state index contributed by atoms with van der Waals surface area (Å²) in [7, 11) is 0. The Morgan fingerprint density at radius 2 is 1.72 bits per heavy atom. The summed E-state index contributed by atoms with van der Waals surface area (Å²) in [6, 6.07) is 8.54. The average molecular weight is 343 g/mol. The number of carbonyl (C=O) groups excluding carboxylic acids is 2. The molecule has 0 aliphatic carbocycles. The molecule has 0 bridgehead atoms. The second-order valence-electron chi connectivity index (χ2n) is 5.68. The molecule has 0 saturated heterocycles. The molecule has 25 heavy (non-hydrogen) atoms. The first-order valence-corrected chi connectivity index (χ1v) is 8.37. The van der Waals surface area contributed by atoms with Gasteiger partial charge in [-0.3, -0.25) is 14.6 Å². The fourth-order valence-electron chi connectivity index (χ4n) is 2.45. The first kappa shape index (κ1) is 18.6. The van der Waals surface area contributed by atoms with Crippen LogP contribution < -0.4 is 5.32 Å². The molecule has 1 aromatic carbocycles. The summed E-state index contributed by atoms with van der Waals surface area (Å²) in [5, 5.41) is 2.64. The average Bonchev–Trinajstić information content (AvgIpc) is 2.63. The Bertz CT molecular complexity index is 726. The topological polar surface area (TPSA) is 62.3 Å². The molecule has 2 aromatic rings. The van der Waals surface area contributed by atoms with Gasteiger partial charge in [-0.1, -0.05) is 13.8 Å². The number of anilines is 1. The van der Waals surface area contributed by atoms with Crippen molar-refractivity contribution in [3.8, 4) is 0 Å². The maximum atomic E-state index is 12.9. The lowest BCUT2D eigenvalue weighted by atomic mass is 10.1. The van der Waals surface area contributed by atoms with Crippen LogP contribution in [0.15, 0.2) is 42.6 Å². The van der Waals surface area contributed by atoms with Crippen molar-refractivity contribution in [2.45, 2.75) is 26.7 Å². The molecular weight excluding hydrogens is 321 g/mol. The van der Waals surface area contributed by atoms with Gasteiger partial charge in [0.2, 0.25) is 0 Å². The van der Waals surface area contributed by atoms with E-state index < -0.39 is 5.91 Å². The van der Waals surface area contributed by atoms with Gasteiger partial charge < -0.3 is 10.2 Å². The third kappa shape index (κ3) is 5.11. The Kier molecular flexibility index (Phi) is 6.62. The molecule has 1 N–H and O–H groups in total. The molecule has 0 aliphatic heterocycles. The Hall–Kier alpha value is -2.76. The largest absolute Gasteiger partial charge is 0.339 e. The molecule has 0 fully saturated rings. The molecule has 0 saturated carbocycles. The van der Waals surface area contributed by atoms with E-state index in [0.29, 0.717) is 24.3 Å². The van der Waals surface area contributed by atoms with Gasteiger partial charge in [0.25, 0.3) is 11.8 Å². The van der Waals surface area contributed by atoms with Gasteiger partial charge >= 0.3 is 0 Å². The van der Waals surface area contributed by atoms with E-state index in [1.165, 1.54) is 36.5 Å². The zero-order valence-electron chi connectivity index (χ0n) is 14.5. The van der Waals surface area contributed by atoms with Gasteiger partial charge in [-0.2, -0.15) is 0 Å². The summed E-state index contributed by atoms with van der Waals surface area (Å²) in [5.74, 6) is -0.934. The van der Waals surface area contributed by atoms with Gasteiger partial charge in [-0.15, -0.1) is 0 Å². The molecule has 1 aromatic heterocycles. The van der Waals surface area contributed by atoms with E-state index in [0.717, 1.165) is 12.8 Å². The predicted octanol–water partition coefficient (Wildman–Crippen LogP) is 3.74. The standard InChI is InChI=1S/C19H22FN3O2/c1-3-11-23(12-4-2)19(25)14-9-10-21-17(13-14)18(24)22-16-7-5-15(20)6-8-16/h5-10,13H,3-4,11-12H2,1-2H3,(H,22,24). The Balaban J connectivity index is 2.15. The van der Waals surface area contributed by atoms with Crippen molar-refractivity contribution in [3.63, 3.8) is 0 Å². The second kappa shape index (κ2) is 8.92. The predicted molar refractivity (Wildman–Crippen MR) is 95.1 cm³/mol. The quantitative estimate of drug-likeness (QED) is 0.833. The molecule has 2 amide bonds. The number of hydrogen-bond donors (Lipinski definition) is 1. The molecule has 0 spiro atoms. The van der Waals surface area contributed by atoms with Crippen LogP contribution in [-0.2, 0) is 0 Å². The van der Waals surface area contributed by atoms with Crippen LogP contribution in [-0.4, -0.2) is 34.8 Å².